The molecule has 2 aromatic carbocycles. The molecule has 0 N–H and O–H groups in total. The van der Waals surface area contributed by atoms with Crippen molar-refractivity contribution in [2.24, 2.45) is 4.99 Å². The van der Waals surface area contributed by atoms with E-state index in [0.29, 0.717) is 22.5 Å². The molecule has 21 heavy (non-hydrogen) atoms. The van der Waals surface area contributed by atoms with Crippen molar-refractivity contribution in [1.82, 2.24) is 0 Å². The van der Waals surface area contributed by atoms with Gasteiger partial charge in [-0.25, -0.2) is 4.39 Å². The fourth-order valence-corrected chi connectivity index (χ4v) is 1.98. The molecule has 0 unspecified atom stereocenters. The summed E-state index contributed by atoms with van der Waals surface area (Å²) >= 11 is 0. The maximum Gasteiger partial charge on any atom is 0.272 e. The molecule has 0 spiro atoms. The second-order valence-corrected chi connectivity index (χ2v) is 4.89. The Morgan fingerprint density at radius 3 is 2.48 bits per heavy atom. The first-order valence-corrected chi connectivity index (χ1v) is 6.45. The zero-order valence-electron chi connectivity index (χ0n) is 12.1. The minimum absolute atomic E-state index is 0.0537. The quantitative estimate of drug-likeness (QED) is 0.474. The van der Waals surface area contributed by atoms with Crippen LogP contribution in [0.2, 0.25) is 0 Å². The van der Waals surface area contributed by atoms with E-state index in [1.54, 1.807) is 32.0 Å². The molecule has 5 heteroatoms. The summed E-state index contributed by atoms with van der Waals surface area (Å²) in [5.74, 6) is -0.359. The number of benzene rings is 2. The summed E-state index contributed by atoms with van der Waals surface area (Å²) in [6.45, 7) is 5.27. The summed E-state index contributed by atoms with van der Waals surface area (Å²) in [7, 11) is 0. The summed E-state index contributed by atoms with van der Waals surface area (Å²) in [5, 5.41) is 11.0. The van der Waals surface area contributed by atoms with Crippen LogP contribution in [-0.4, -0.2) is 10.6 Å². The number of aliphatic imine (C=N–C) groups is 1. The van der Waals surface area contributed by atoms with Crippen LogP contribution in [0.25, 0.3) is 0 Å². The SMILES string of the molecule is CC(=Nc1cc(F)ccc1C)c1ccc(C)c([N+](=O)[O-])c1. The highest BCUT2D eigenvalue weighted by Gasteiger charge is 2.12. The first-order chi connectivity index (χ1) is 9.88. The lowest BCUT2D eigenvalue weighted by Crippen LogP contribution is -1.98. The summed E-state index contributed by atoms with van der Waals surface area (Å²) in [6, 6.07) is 9.32. The lowest BCUT2D eigenvalue weighted by molar-refractivity contribution is -0.385. The van der Waals surface area contributed by atoms with Gasteiger partial charge in [0, 0.05) is 22.9 Å². The smallest absolute Gasteiger partial charge is 0.258 e. The van der Waals surface area contributed by atoms with Crippen molar-refractivity contribution < 1.29 is 9.31 Å². The van der Waals surface area contributed by atoms with Gasteiger partial charge in [-0.3, -0.25) is 15.1 Å². The molecule has 0 fully saturated rings. The number of hydrogen-bond acceptors (Lipinski definition) is 3. The minimum atomic E-state index is -0.417. The first kappa shape index (κ1) is 14.8. The highest BCUT2D eigenvalue weighted by molar-refractivity contribution is 6.01. The van der Waals surface area contributed by atoms with Gasteiger partial charge in [0.1, 0.15) is 5.82 Å². The van der Waals surface area contributed by atoms with Crippen LogP contribution >= 0.6 is 0 Å². The van der Waals surface area contributed by atoms with E-state index in [2.05, 4.69) is 4.99 Å². The van der Waals surface area contributed by atoms with E-state index in [4.69, 9.17) is 0 Å². The Bertz CT molecular complexity index is 739. The molecule has 0 radical (unpaired) electrons. The van der Waals surface area contributed by atoms with Gasteiger partial charge in [0.05, 0.1) is 10.6 Å². The minimum Gasteiger partial charge on any atom is -0.258 e. The highest BCUT2D eigenvalue weighted by Crippen LogP contribution is 2.23. The number of nitro benzene ring substituents is 1. The van der Waals surface area contributed by atoms with Crippen LogP contribution < -0.4 is 0 Å². The Labute approximate surface area is 122 Å². The van der Waals surface area contributed by atoms with Crippen molar-refractivity contribution in [2.75, 3.05) is 0 Å². The molecule has 4 nitrogen and oxygen atoms in total. The summed E-state index contributed by atoms with van der Waals surface area (Å²) in [6.07, 6.45) is 0. The Morgan fingerprint density at radius 2 is 1.81 bits per heavy atom. The number of hydrogen-bond donors (Lipinski definition) is 0. The van der Waals surface area contributed by atoms with Crippen molar-refractivity contribution in [3.63, 3.8) is 0 Å². The zero-order valence-corrected chi connectivity index (χ0v) is 12.1. The molecule has 0 aliphatic rings. The third kappa shape index (κ3) is 3.31. The van der Waals surface area contributed by atoms with E-state index in [1.165, 1.54) is 18.2 Å². The maximum atomic E-state index is 13.3. The van der Waals surface area contributed by atoms with E-state index >= 15 is 0 Å². The van der Waals surface area contributed by atoms with E-state index in [1.807, 2.05) is 6.92 Å². The third-order valence-electron chi connectivity index (χ3n) is 3.28. The Balaban J connectivity index is 2.46. The topological polar surface area (TPSA) is 55.5 Å². The second-order valence-electron chi connectivity index (χ2n) is 4.89. The van der Waals surface area contributed by atoms with E-state index in [9.17, 15) is 14.5 Å². The van der Waals surface area contributed by atoms with Crippen LogP contribution in [0, 0.1) is 29.8 Å². The number of nitrogens with zero attached hydrogens (tertiary/aromatic N) is 2. The zero-order chi connectivity index (χ0) is 15.6. The first-order valence-electron chi connectivity index (χ1n) is 6.45. The van der Waals surface area contributed by atoms with Crippen LogP contribution in [0.4, 0.5) is 15.8 Å². The van der Waals surface area contributed by atoms with E-state index in [0.717, 1.165) is 5.56 Å². The van der Waals surface area contributed by atoms with Gasteiger partial charge in [-0.2, -0.15) is 0 Å². The molecular weight excluding hydrogens is 271 g/mol. The number of halogens is 1. The number of rotatable bonds is 3. The van der Waals surface area contributed by atoms with Gasteiger partial charge in [-0.1, -0.05) is 18.2 Å². The lowest BCUT2D eigenvalue weighted by Gasteiger charge is -2.05. The van der Waals surface area contributed by atoms with Crippen LogP contribution in [-0.2, 0) is 0 Å². The highest BCUT2D eigenvalue weighted by atomic mass is 19.1. The van der Waals surface area contributed by atoms with E-state index < -0.39 is 4.92 Å². The molecule has 0 aliphatic carbocycles. The Morgan fingerprint density at radius 1 is 1.14 bits per heavy atom. The standard InChI is InChI=1S/C16H15FN2O2/c1-10-5-7-14(17)9-15(10)18-12(3)13-6-4-11(2)16(8-13)19(20)21/h4-9H,1-3H3. The van der Waals surface area contributed by atoms with Crippen LogP contribution in [0.15, 0.2) is 41.4 Å². The summed E-state index contributed by atoms with van der Waals surface area (Å²) < 4.78 is 13.3. The Hall–Kier alpha value is -2.56. The molecule has 0 amide bonds. The normalized spacial score (nSPS) is 11.5. The van der Waals surface area contributed by atoms with Gasteiger partial charge in [0.15, 0.2) is 0 Å². The molecule has 0 atom stereocenters. The monoisotopic (exact) mass is 286 g/mol. The molecule has 0 aromatic heterocycles. The average molecular weight is 286 g/mol. The summed E-state index contributed by atoms with van der Waals surface area (Å²) in [5.41, 5.74) is 3.27. The molecule has 0 aliphatic heterocycles. The van der Waals surface area contributed by atoms with Crippen LogP contribution in [0.3, 0.4) is 0 Å². The molecule has 0 saturated carbocycles. The molecule has 0 saturated heterocycles. The molecule has 2 rings (SSSR count). The van der Waals surface area contributed by atoms with Gasteiger partial charge in [-0.15, -0.1) is 0 Å². The largest absolute Gasteiger partial charge is 0.272 e. The van der Waals surface area contributed by atoms with Gasteiger partial charge in [-0.05, 0) is 38.5 Å². The van der Waals surface area contributed by atoms with Gasteiger partial charge >= 0.3 is 0 Å². The average Bonchev–Trinajstić information content (AvgIpc) is 2.43. The molecule has 108 valence electrons. The van der Waals surface area contributed by atoms with Crippen molar-refractivity contribution in [3.05, 3.63) is 69.0 Å². The second kappa shape index (κ2) is 5.83. The molecule has 0 bridgehead atoms. The van der Waals surface area contributed by atoms with Crippen LogP contribution in [0.5, 0.6) is 0 Å². The van der Waals surface area contributed by atoms with E-state index in [-0.39, 0.29) is 11.5 Å². The fraction of sp³-hybridized carbons (Fsp3) is 0.188. The molecule has 2 aromatic rings. The molecular formula is C16H15FN2O2. The fourth-order valence-electron chi connectivity index (χ4n) is 1.98. The predicted octanol–water partition coefficient (Wildman–Crippen LogP) is 4.49. The maximum absolute atomic E-state index is 13.3. The predicted molar refractivity (Wildman–Crippen MR) is 80.8 cm³/mol. The van der Waals surface area contributed by atoms with Crippen molar-refractivity contribution in [2.45, 2.75) is 20.8 Å². The lowest BCUT2D eigenvalue weighted by atomic mass is 10.1. The number of aryl methyl sites for hydroxylation is 2. The summed E-state index contributed by atoms with van der Waals surface area (Å²) in [4.78, 5) is 14.9. The van der Waals surface area contributed by atoms with Crippen molar-refractivity contribution >= 4 is 17.1 Å². The van der Waals surface area contributed by atoms with Crippen LogP contribution in [0.1, 0.15) is 23.6 Å². The van der Waals surface area contributed by atoms with Crippen molar-refractivity contribution in [3.8, 4) is 0 Å². The van der Waals surface area contributed by atoms with Crippen molar-refractivity contribution in [1.29, 1.82) is 0 Å². The van der Waals surface area contributed by atoms with Gasteiger partial charge in [0.2, 0.25) is 0 Å². The third-order valence-corrected chi connectivity index (χ3v) is 3.28. The number of nitro groups is 1. The van der Waals surface area contributed by atoms with Gasteiger partial charge < -0.3 is 0 Å². The van der Waals surface area contributed by atoms with Gasteiger partial charge in [0.25, 0.3) is 5.69 Å². The molecule has 0 heterocycles. The Kier molecular flexibility index (Phi) is 4.12.